The van der Waals surface area contributed by atoms with Crippen molar-refractivity contribution in [2.45, 2.75) is 39.3 Å². The van der Waals surface area contributed by atoms with Crippen molar-refractivity contribution in [1.29, 1.82) is 0 Å². The molecule has 1 fully saturated rings. The highest BCUT2D eigenvalue weighted by Crippen LogP contribution is 2.23. The molecule has 5 nitrogen and oxygen atoms in total. The number of aromatic nitrogens is 2. The van der Waals surface area contributed by atoms with Crippen LogP contribution >= 0.6 is 0 Å². The summed E-state index contributed by atoms with van der Waals surface area (Å²) in [5, 5.41) is 4.35. The standard InChI is InChI=1S/C28H38N4O/c1-23-8-4-5-10-26(23)13-17-31-15-6-9-25(21-31)20-30(2)19-24-11-12-28(33-3)27(18-24)22-32-16-7-14-29-32/h4-5,7-8,10-12,14,16,18,25H,6,9,13,15,17,19-22H2,1-3H3/t25-/m0/s1. The van der Waals surface area contributed by atoms with E-state index in [1.165, 1.54) is 54.7 Å². The summed E-state index contributed by atoms with van der Waals surface area (Å²) in [6.45, 7) is 8.66. The van der Waals surface area contributed by atoms with E-state index >= 15 is 0 Å². The normalized spacial score (nSPS) is 16.9. The zero-order chi connectivity index (χ0) is 23.0. The van der Waals surface area contributed by atoms with Crippen LogP contribution in [-0.4, -0.2) is 59.9 Å². The first kappa shape index (κ1) is 23.5. The third-order valence-corrected chi connectivity index (χ3v) is 6.82. The van der Waals surface area contributed by atoms with Gasteiger partial charge in [-0.05, 0) is 80.6 Å². The van der Waals surface area contributed by atoms with Crippen molar-refractivity contribution in [2.24, 2.45) is 5.92 Å². The van der Waals surface area contributed by atoms with Crippen molar-refractivity contribution in [3.8, 4) is 5.75 Å². The van der Waals surface area contributed by atoms with E-state index in [9.17, 15) is 0 Å². The molecule has 0 unspecified atom stereocenters. The molecule has 1 aliphatic rings. The van der Waals surface area contributed by atoms with Crippen molar-refractivity contribution in [3.05, 3.63) is 83.2 Å². The lowest BCUT2D eigenvalue weighted by Crippen LogP contribution is -2.40. The number of methoxy groups -OCH3 is 1. The monoisotopic (exact) mass is 446 g/mol. The first-order valence-corrected chi connectivity index (χ1v) is 12.2. The highest BCUT2D eigenvalue weighted by atomic mass is 16.5. The summed E-state index contributed by atoms with van der Waals surface area (Å²) >= 11 is 0. The van der Waals surface area contributed by atoms with Gasteiger partial charge in [-0.15, -0.1) is 0 Å². The maximum Gasteiger partial charge on any atom is 0.123 e. The highest BCUT2D eigenvalue weighted by molar-refractivity contribution is 5.37. The molecule has 0 spiro atoms. The van der Waals surface area contributed by atoms with E-state index in [0.717, 1.165) is 37.7 Å². The van der Waals surface area contributed by atoms with Crippen molar-refractivity contribution in [3.63, 3.8) is 0 Å². The lowest BCUT2D eigenvalue weighted by molar-refractivity contribution is 0.142. The van der Waals surface area contributed by atoms with Gasteiger partial charge in [0.1, 0.15) is 5.75 Å². The van der Waals surface area contributed by atoms with E-state index in [-0.39, 0.29) is 0 Å². The molecule has 0 radical (unpaired) electrons. The smallest absolute Gasteiger partial charge is 0.123 e. The summed E-state index contributed by atoms with van der Waals surface area (Å²) in [7, 11) is 3.99. The zero-order valence-corrected chi connectivity index (χ0v) is 20.4. The van der Waals surface area contributed by atoms with E-state index in [4.69, 9.17) is 4.74 Å². The number of hydrogen-bond donors (Lipinski definition) is 0. The summed E-state index contributed by atoms with van der Waals surface area (Å²) in [6.07, 6.45) is 7.60. The topological polar surface area (TPSA) is 33.5 Å². The van der Waals surface area contributed by atoms with Gasteiger partial charge in [-0.3, -0.25) is 4.68 Å². The molecular formula is C28H38N4O. The Kier molecular flexibility index (Phi) is 8.19. The van der Waals surface area contributed by atoms with Gasteiger partial charge in [-0.2, -0.15) is 5.10 Å². The molecule has 0 bridgehead atoms. The molecule has 4 rings (SSSR count). The van der Waals surface area contributed by atoms with Gasteiger partial charge in [-0.25, -0.2) is 0 Å². The first-order valence-electron chi connectivity index (χ1n) is 12.2. The lowest BCUT2D eigenvalue weighted by Gasteiger charge is -2.35. The van der Waals surface area contributed by atoms with E-state index in [2.05, 4.69) is 71.3 Å². The number of piperidine rings is 1. The maximum atomic E-state index is 5.59. The molecular weight excluding hydrogens is 408 g/mol. The molecule has 1 saturated heterocycles. The molecule has 1 aromatic heterocycles. The summed E-state index contributed by atoms with van der Waals surface area (Å²) in [4.78, 5) is 5.15. The average molecular weight is 447 g/mol. The van der Waals surface area contributed by atoms with Crippen LogP contribution in [0.25, 0.3) is 0 Å². The van der Waals surface area contributed by atoms with Gasteiger partial charge in [0.2, 0.25) is 0 Å². The minimum atomic E-state index is 0.728. The Bertz CT molecular complexity index is 1000. The molecule has 33 heavy (non-hydrogen) atoms. The Balaban J connectivity index is 1.30. The Morgan fingerprint density at radius 1 is 1.12 bits per heavy atom. The second-order valence-electron chi connectivity index (χ2n) is 9.53. The molecule has 0 saturated carbocycles. The fourth-order valence-electron chi connectivity index (χ4n) is 5.11. The predicted octanol–water partition coefficient (Wildman–Crippen LogP) is 4.63. The van der Waals surface area contributed by atoms with Crippen molar-refractivity contribution < 1.29 is 4.74 Å². The molecule has 176 valence electrons. The summed E-state index contributed by atoms with van der Waals surface area (Å²) in [5.74, 6) is 1.66. The zero-order valence-electron chi connectivity index (χ0n) is 20.4. The van der Waals surface area contributed by atoms with Gasteiger partial charge < -0.3 is 14.5 Å². The van der Waals surface area contributed by atoms with E-state index in [1.807, 2.05) is 23.1 Å². The molecule has 0 aliphatic carbocycles. The number of ether oxygens (including phenoxy) is 1. The highest BCUT2D eigenvalue weighted by Gasteiger charge is 2.21. The van der Waals surface area contributed by atoms with E-state index in [0.29, 0.717) is 0 Å². The minimum absolute atomic E-state index is 0.728. The second kappa shape index (κ2) is 11.5. The Hall–Kier alpha value is -2.63. The Morgan fingerprint density at radius 2 is 2.00 bits per heavy atom. The molecule has 2 heterocycles. The minimum Gasteiger partial charge on any atom is -0.496 e. The largest absolute Gasteiger partial charge is 0.496 e. The van der Waals surface area contributed by atoms with Crippen LogP contribution in [0.5, 0.6) is 5.75 Å². The third kappa shape index (κ3) is 6.68. The van der Waals surface area contributed by atoms with Crippen LogP contribution in [-0.2, 0) is 19.5 Å². The van der Waals surface area contributed by atoms with Crippen molar-refractivity contribution in [1.82, 2.24) is 19.6 Å². The number of nitrogens with zero attached hydrogens (tertiary/aromatic N) is 4. The van der Waals surface area contributed by atoms with Gasteiger partial charge in [0, 0.05) is 44.1 Å². The van der Waals surface area contributed by atoms with Crippen LogP contribution in [0, 0.1) is 12.8 Å². The number of likely N-dealkylation sites (tertiary alicyclic amines) is 1. The lowest BCUT2D eigenvalue weighted by atomic mass is 9.96. The fourth-order valence-corrected chi connectivity index (χ4v) is 5.11. The molecule has 0 amide bonds. The number of rotatable bonds is 10. The predicted molar refractivity (Wildman–Crippen MR) is 135 cm³/mol. The summed E-state index contributed by atoms with van der Waals surface area (Å²) in [5.41, 5.74) is 5.40. The number of hydrogen-bond acceptors (Lipinski definition) is 4. The van der Waals surface area contributed by atoms with Gasteiger partial charge in [0.25, 0.3) is 0 Å². The number of benzene rings is 2. The van der Waals surface area contributed by atoms with Gasteiger partial charge in [0.05, 0.1) is 13.7 Å². The van der Waals surface area contributed by atoms with Crippen molar-refractivity contribution in [2.75, 3.05) is 40.3 Å². The SMILES string of the molecule is COc1ccc(CN(C)C[C@@H]2CCCN(CCc3ccccc3C)C2)cc1Cn1cccn1. The van der Waals surface area contributed by atoms with Gasteiger partial charge in [-0.1, -0.05) is 30.3 Å². The fraction of sp³-hybridized carbons (Fsp3) is 0.464. The molecule has 3 aromatic rings. The molecule has 0 N–H and O–H groups in total. The number of aryl methyl sites for hydroxylation is 1. The van der Waals surface area contributed by atoms with Crippen LogP contribution < -0.4 is 4.74 Å². The van der Waals surface area contributed by atoms with Crippen molar-refractivity contribution >= 4 is 0 Å². The van der Waals surface area contributed by atoms with Gasteiger partial charge >= 0.3 is 0 Å². The van der Waals surface area contributed by atoms with Crippen LogP contribution in [0.2, 0.25) is 0 Å². The maximum absolute atomic E-state index is 5.59. The van der Waals surface area contributed by atoms with Gasteiger partial charge in [0.15, 0.2) is 0 Å². The third-order valence-electron chi connectivity index (χ3n) is 6.82. The Morgan fingerprint density at radius 3 is 2.79 bits per heavy atom. The van der Waals surface area contributed by atoms with Crippen LogP contribution in [0.3, 0.4) is 0 Å². The molecule has 5 heteroatoms. The average Bonchev–Trinajstić information content (AvgIpc) is 3.32. The van der Waals surface area contributed by atoms with Crippen LogP contribution in [0.15, 0.2) is 60.9 Å². The van der Waals surface area contributed by atoms with E-state index in [1.54, 1.807) is 7.11 Å². The second-order valence-corrected chi connectivity index (χ2v) is 9.53. The quantitative estimate of drug-likeness (QED) is 0.455. The Labute approximate surface area is 199 Å². The summed E-state index contributed by atoms with van der Waals surface area (Å²) in [6, 6.07) is 17.3. The first-order chi connectivity index (χ1) is 16.1. The molecule has 1 atom stereocenters. The van der Waals surface area contributed by atoms with E-state index < -0.39 is 0 Å². The molecule has 2 aromatic carbocycles. The molecule has 1 aliphatic heterocycles. The summed E-state index contributed by atoms with van der Waals surface area (Å²) < 4.78 is 7.53. The van der Waals surface area contributed by atoms with Crippen LogP contribution in [0.4, 0.5) is 0 Å². The van der Waals surface area contributed by atoms with Crippen LogP contribution in [0.1, 0.15) is 35.1 Å².